The van der Waals surface area contributed by atoms with E-state index in [-0.39, 0.29) is 0 Å². The van der Waals surface area contributed by atoms with Crippen molar-refractivity contribution in [2.45, 2.75) is 55.4 Å². The van der Waals surface area contributed by atoms with Gasteiger partial charge in [0.15, 0.2) is 0 Å². The van der Waals surface area contributed by atoms with Gasteiger partial charge in [0, 0.05) is 0 Å². The summed E-state index contributed by atoms with van der Waals surface area (Å²) in [6.07, 6.45) is -54.0. The number of alkyl halides is 18. The van der Waals surface area contributed by atoms with Crippen molar-refractivity contribution in [2.24, 2.45) is 0 Å². The molecule has 36 heavy (non-hydrogen) atoms. The van der Waals surface area contributed by atoms with Crippen molar-refractivity contribution in [2.75, 3.05) is 0 Å². The quantitative estimate of drug-likeness (QED) is 0.416. The number of nitrogens with zero attached hydrogens (tertiary/aromatic N) is 3. The minimum Gasteiger partial charge on any atom is -0.440 e. The SMILES string of the molecule is FC(F)(F)C(Oc1nc(OC(C(F)(F)F)C(F)(F)F)nc(OC(C(F)(F)F)C(F)(F)F)n1)C(F)(F)F. The zero-order valence-corrected chi connectivity index (χ0v) is 15.6. The molecule has 1 aromatic rings. The van der Waals surface area contributed by atoms with Gasteiger partial charge in [-0.15, -0.1) is 15.0 Å². The molecular weight excluding hydrogens is 576 g/mol. The lowest BCUT2D eigenvalue weighted by Crippen LogP contribution is -2.48. The summed E-state index contributed by atoms with van der Waals surface area (Å²) in [7, 11) is 0. The first-order valence-electron chi connectivity index (χ1n) is 7.79. The standard InChI is InChI=1S/C12H3F18N3O3/c13-7(14,15)1(8(16,17)18)34-4-31-5(35-2(9(19,20)21)10(22,23)24)33-6(32-4)36-3(11(25,26)27)12(28,29)30/h1-3H. The van der Waals surface area contributed by atoms with Gasteiger partial charge >= 0.3 is 55.1 Å². The van der Waals surface area contributed by atoms with Gasteiger partial charge < -0.3 is 14.2 Å². The molecule has 0 spiro atoms. The Morgan fingerprint density at radius 1 is 0.333 bits per heavy atom. The van der Waals surface area contributed by atoms with Crippen LogP contribution in [0.5, 0.6) is 18.0 Å². The van der Waals surface area contributed by atoms with E-state index in [0.29, 0.717) is 0 Å². The molecule has 0 saturated heterocycles. The summed E-state index contributed by atoms with van der Waals surface area (Å²) >= 11 is 0. The molecule has 1 heterocycles. The average Bonchev–Trinajstić information content (AvgIpc) is 2.56. The fourth-order valence-corrected chi connectivity index (χ4v) is 1.75. The maximum atomic E-state index is 12.6. The summed E-state index contributed by atoms with van der Waals surface area (Å²) in [5.41, 5.74) is 0. The summed E-state index contributed by atoms with van der Waals surface area (Å²) in [6.45, 7) is 0. The summed E-state index contributed by atoms with van der Waals surface area (Å²) in [5, 5.41) is 0. The van der Waals surface area contributed by atoms with Crippen LogP contribution in [0.4, 0.5) is 79.0 Å². The molecule has 0 aromatic carbocycles. The zero-order valence-electron chi connectivity index (χ0n) is 15.6. The van der Waals surface area contributed by atoms with Crippen LogP contribution in [0.1, 0.15) is 0 Å². The highest BCUT2D eigenvalue weighted by molar-refractivity contribution is 5.11. The lowest BCUT2D eigenvalue weighted by atomic mass is 10.3. The second kappa shape index (κ2) is 9.55. The number of aromatic nitrogens is 3. The van der Waals surface area contributed by atoms with E-state index in [1.54, 1.807) is 0 Å². The van der Waals surface area contributed by atoms with Gasteiger partial charge in [-0.05, 0) is 0 Å². The molecule has 0 atom stereocenters. The van der Waals surface area contributed by atoms with Crippen molar-refractivity contribution >= 4 is 0 Å². The summed E-state index contributed by atoms with van der Waals surface area (Å²) in [6, 6.07) is -8.04. The van der Waals surface area contributed by atoms with Crippen LogP contribution in [0.15, 0.2) is 0 Å². The number of rotatable bonds is 6. The third-order valence-corrected chi connectivity index (χ3v) is 3.03. The van der Waals surface area contributed by atoms with E-state index >= 15 is 0 Å². The Morgan fingerprint density at radius 3 is 0.583 bits per heavy atom. The van der Waals surface area contributed by atoms with E-state index in [0.717, 1.165) is 0 Å². The van der Waals surface area contributed by atoms with Crippen molar-refractivity contribution in [3.63, 3.8) is 0 Å². The summed E-state index contributed by atoms with van der Waals surface area (Å²) in [5.74, 6) is 0. The largest absolute Gasteiger partial charge is 0.440 e. The fraction of sp³-hybridized carbons (Fsp3) is 0.750. The van der Waals surface area contributed by atoms with Gasteiger partial charge in [-0.3, -0.25) is 0 Å². The summed E-state index contributed by atoms with van der Waals surface area (Å²) < 4.78 is 236. The molecule has 0 saturated carbocycles. The van der Waals surface area contributed by atoms with E-state index in [2.05, 4.69) is 29.2 Å². The molecule has 24 heteroatoms. The van der Waals surface area contributed by atoms with E-state index in [1.807, 2.05) is 0 Å². The normalized spacial score (nSPS) is 14.6. The Balaban J connectivity index is 3.68. The molecule has 1 rings (SSSR count). The zero-order chi connectivity index (χ0) is 28.7. The van der Waals surface area contributed by atoms with Crippen molar-refractivity contribution in [1.29, 1.82) is 0 Å². The molecule has 0 bridgehead atoms. The van der Waals surface area contributed by atoms with Gasteiger partial charge in [0.25, 0.3) is 18.3 Å². The van der Waals surface area contributed by atoms with Crippen molar-refractivity contribution < 1.29 is 93.2 Å². The lowest BCUT2D eigenvalue weighted by Gasteiger charge is -2.25. The van der Waals surface area contributed by atoms with E-state index < -0.39 is 73.4 Å². The third kappa shape index (κ3) is 8.67. The van der Waals surface area contributed by atoms with Crippen LogP contribution in [0.3, 0.4) is 0 Å². The number of hydrogen-bond acceptors (Lipinski definition) is 6. The first-order valence-corrected chi connectivity index (χ1v) is 7.79. The van der Waals surface area contributed by atoms with E-state index in [9.17, 15) is 79.0 Å². The highest BCUT2D eigenvalue weighted by Crippen LogP contribution is 2.40. The maximum absolute atomic E-state index is 12.6. The van der Waals surface area contributed by atoms with Crippen molar-refractivity contribution in [3.05, 3.63) is 0 Å². The Kier molecular flexibility index (Phi) is 8.27. The Bertz CT molecular complexity index is 715. The third-order valence-electron chi connectivity index (χ3n) is 3.03. The smallest absolute Gasteiger partial charge is 0.434 e. The molecule has 0 unspecified atom stereocenters. The van der Waals surface area contributed by atoms with Gasteiger partial charge in [0.2, 0.25) is 0 Å². The molecule has 0 radical (unpaired) electrons. The van der Waals surface area contributed by atoms with Crippen LogP contribution in [0, 0.1) is 0 Å². The summed E-state index contributed by atoms with van der Waals surface area (Å²) in [4.78, 5) is 6.27. The van der Waals surface area contributed by atoms with Crippen LogP contribution >= 0.6 is 0 Å². The predicted molar refractivity (Wildman–Crippen MR) is 69.4 cm³/mol. The molecule has 6 nitrogen and oxygen atoms in total. The fourth-order valence-electron chi connectivity index (χ4n) is 1.75. The highest BCUT2D eigenvalue weighted by atomic mass is 19.4. The van der Waals surface area contributed by atoms with Crippen LogP contribution in [-0.4, -0.2) is 70.3 Å². The number of ether oxygens (including phenoxy) is 3. The van der Waals surface area contributed by atoms with E-state index in [4.69, 9.17) is 0 Å². The molecule has 1 aromatic heterocycles. The molecule has 0 aliphatic carbocycles. The molecule has 0 aliphatic rings. The molecular formula is C12H3F18N3O3. The maximum Gasteiger partial charge on any atom is 0.434 e. The van der Waals surface area contributed by atoms with Crippen molar-refractivity contribution in [1.82, 2.24) is 15.0 Å². The predicted octanol–water partition coefficient (Wildman–Crippen LogP) is 5.49. The lowest BCUT2D eigenvalue weighted by molar-refractivity contribution is -0.303. The second-order valence-corrected chi connectivity index (χ2v) is 5.93. The second-order valence-electron chi connectivity index (χ2n) is 5.93. The molecule has 0 amide bonds. The molecule has 210 valence electrons. The Hall–Kier alpha value is -2.85. The minimum absolute atomic E-state index is 2.09. The van der Waals surface area contributed by atoms with Gasteiger partial charge in [-0.25, -0.2) is 0 Å². The number of hydrogen-bond donors (Lipinski definition) is 0. The topological polar surface area (TPSA) is 66.4 Å². The monoisotopic (exact) mass is 579 g/mol. The molecule has 0 N–H and O–H groups in total. The highest BCUT2D eigenvalue weighted by Gasteiger charge is 2.62. The first kappa shape index (κ1) is 31.2. The average molecular weight is 579 g/mol. The van der Waals surface area contributed by atoms with Gasteiger partial charge in [0.05, 0.1) is 0 Å². The van der Waals surface area contributed by atoms with Crippen LogP contribution in [0.25, 0.3) is 0 Å². The van der Waals surface area contributed by atoms with Crippen LogP contribution in [-0.2, 0) is 0 Å². The molecule has 0 fully saturated rings. The van der Waals surface area contributed by atoms with Crippen molar-refractivity contribution in [3.8, 4) is 18.0 Å². The minimum atomic E-state index is -6.48. The Labute approximate surface area is 183 Å². The number of halogens is 18. The van der Waals surface area contributed by atoms with Gasteiger partial charge in [0.1, 0.15) is 0 Å². The molecule has 0 aliphatic heterocycles. The van der Waals surface area contributed by atoms with E-state index in [1.165, 1.54) is 0 Å². The van der Waals surface area contributed by atoms with Gasteiger partial charge in [-0.1, -0.05) is 0 Å². The first-order chi connectivity index (χ1) is 15.6. The van der Waals surface area contributed by atoms with Crippen LogP contribution < -0.4 is 14.2 Å². The van der Waals surface area contributed by atoms with Gasteiger partial charge in [-0.2, -0.15) is 79.0 Å². The van der Waals surface area contributed by atoms with Crippen LogP contribution in [0.2, 0.25) is 0 Å². The Morgan fingerprint density at radius 2 is 0.472 bits per heavy atom.